The third-order valence-corrected chi connectivity index (χ3v) is 5.82. The summed E-state index contributed by atoms with van der Waals surface area (Å²) < 4.78 is 11.4. The molecule has 0 aliphatic rings. The summed E-state index contributed by atoms with van der Waals surface area (Å²) >= 11 is 1.46. The summed E-state index contributed by atoms with van der Waals surface area (Å²) in [5.41, 5.74) is 2.46. The van der Waals surface area contributed by atoms with E-state index in [-0.39, 0.29) is 5.91 Å². The van der Waals surface area contributed by atoms with Gasteiger partial charge in [-0.15, -0.1) is 0 Å². The van der Waals surface area contributed by atoms with Crippen molar-refractivity contribution in [2.75, 3.05) is 7.11 Å². The molecule has 7 heteroatoms. The zero-order valence-corrected chi connectivity index (χ0v) is 18.9. The van der Waals surface area contributed by atoms with Crippen molar-refractivity contribution in [3.05, 3.63) is 108 Å². The lowest BCUT2D eigenvalue weighted by molar-refractivity contribution is 0.0947. The topological polar surface area (TPSA) is 73.3 Å². The first kappa shape index (κ1) is 22.4. The number of carbonyl (C=O) groups excluding carboxylic acids is 1. The third kappa shape index (κ3) is 6.11. The van der Waals surface area contributed by atoms with Gasteiger partial charge in [-0.25, -0.2) is 4.98 Å². The first-order valence-corrected chi connectivity index (χ1v) is 11.2. The number of rotatable bonds is 9. The van der Waals surface area contributed by atoms with Gasteiger partial charge in [-0.2, -0.15) is 0 Å². The van der Waals surface area contributed by atoms with Crippen molar-refractivity contribution in [3.8, 4) is 11.5 Å². The Morgan fingerprint density at radius 1 is 0.909 bits per heavy atom. The molecule has 0 atom stereocenters. The second-order valence-corrected chi connectivity index (χ2v) is 8.15. The van der Waals surface area contributed by atoms with Gasteiger partial charge in [0.15, 0.2) is 11.5 Å². The highest BCUT2D eigenvalue weighted by molar-refractivity contribution is 7.99. The zero-order chi connectivity index (χ0) is 22.9. The van der Waals surface area contributed by atoms with Crippen molar-refractivity contribution in [1.82, 2.24) is 15.3 Å². The van der Waals surface area contributed by atoms with E-state index in [2.05, 4.69) is 15.3 Å². The molecule has 1 N–H and O–H groups in total. The lowest BCUT2D eigenvalue weighted by Crippen LogP contribution is -2.23. The molecule has 4 aromatic rings. The molecular formula is C26H23N3O3S. The summed E-state index contributed by atoms with van der Waals surface area (Å²) in [6, 6.07) is 22.8. The number of methoxy groups -OCH3 is 1. The van der Waals surface area contributed by atoms with Crippen LogP contribution < -0.4 is 14.8 Å². The van der Waals surface area contributed by atoms with Gasteiger partial charge in [-0.3, -0.25) is 9.78 Å². The number of amides is 1. The van der Waals surface area contributed by atoms with E-state index >= 15 is 0 Å². The van der Waals surface area contributed by atoms with Gasteiger partial charge >= 0.3 is 0 Å². The van der Waals surface area contributed by atoms with E-state index in [1.54, 1.807) is 37.8 Å². The monoisotopic (exact) mass is 457 g/mol. The summed E-state index contributed by atoms with van der Waals surface area (Å²) in [5.74, 6) is 1.06. The van der Waals surface area contributed by atoms with Crippen LogP contribution in [-0.2, 0) is 13.2 Å². The largest absolute Gasteiger partial charge is 0.493 e. The molecule has 0 saturated heterocycles. The summed E-state index contributed by atoms with van der Waals surface area (Å²) in [6.45, 7) is 0.766. The second-order valence-electron chi connectivity index (χ2n) is 7.08. The Morgan fingerprint density at radius 3 is 2.52 bits per heavy atom. The number of ether oxygens (including phenoxy) is 2. The van der Waals surface area contributed by atoms with E-state index in [0.717, 1.165) is 16.0 Å². The molecular weight excluding hydrogens is 434 g/mol. The van der Waals surface area contributed by atoms with Crippen LogP contribution in [0.4, 0.5) is 0 Å². The van der Waals surface area contributed by atoms with Crippen molar-refractivity contribution in [2.45, 2.75) is 23.1 Å². The fraction of sp³-hybridized carbons (Fsp3) is 0.115. The number of nitrogens with zero attached hydrogens (tertiary/aromatic N) is 2. The number of hydrogen-bond acceptors (Lipinski definition) is 6. The fourth-order valence-electron chi connectivity index (χ4n) is 3.10. The Labute approximate surface area is 197 Å². The summed E-state index contributed by atoms with van der Waals surface area (Å²) in [6.07, 6.45) is 5.15. The zero-order valence-electron chi connectivity index (χ0n) is 18.1. The summed E-state index contributed by atoms with van der Waals surface area (Å²) in [7, 11) is 1.60. The van der Waals surface area contributed by atoms with E-state index in [0.29, 0.717) is 35.2 Å². The van der Waals surface area contributed by atoms with Gasteiger partial charge in [0.1, 0.15) is 11.6 Å². The van der Waals surface area contributed by atoms with E-state index in [1.807, 2.05) is 60.7 Å². The minimum absolute atomic E-state index is 0.182. The molecule has 0 aliphatic carbocycles. The molecule has 2 heterocycles. The smallest absolute Gasteiger partial charge is 0.254 e. The van der Waals surface area contributed by atoms with Gasteiger partial charge in [-0.05, 0) is 59.7 Å². The number of hydrogen-bond donors (Lipinski definition) is 1. The second kappa shape index (κ2) is 11.2. The molecule has 0 saturated carbocycles. The van der Waals surface area contributed by atoms with Gasteiger partial charge in [0.05, 0.1) is 12.7 Å². The van der Waals surface area contributed by atoms with Crippen LogP contribution in [-0.4, -0.2) is 23.0 Å². The van der Waals surface area contributed by atoms with Crippen molar-refractivity contribution >= 4 is 17.7 Å². The molecule has 166 valence electrons. The maximum Gasteiger partial charge on any atom is 0.254 e. The Bertz CT molecular complexity index is 1200. The van der Waals surface area contributed by atoms with Crippen LogP contribution in [0.1, 0.15) is 21.5 Å². The molecule has 4 rings (SSSR count). The summed E-state index contributed by atoms with van der Waals surface area (Å²) in [5, 5.41) is 3.64. The van der Waals surface area contributed by atoms with E-state index in [1.165, 1.54) is 11.8 Å². The normalized spacial score (nSPS) is 10.5. The first-order chi connectivity index (χ1) is 16.2. The van der Waals surface area contributed by atoms with Crippen LogP contribution >= 0.6 is 11.8 Å². The maximum absolute atomic E-state index is 12.9. The molecule has 0 radical (unpaired) electrons. The maximum atomic E-state index is 12.9. The lowest BCUT2D eigenvalue weighted by Gasteiger charge is -2.13. The minimum Gasteiger partial charge on any atom is -0.493 e. The minimum atomic E-state index is -0.182. The van der Waals surface area contributed by atoms with E-state index in [9.17, 15) is 4.79 Å². The van der Waals surface area contributed by atoms with E-state index < -0.39 is 0 Å². The molecule has 0 spiro atoms. The van der Waals surface area contributed by atoms with Crippen molar-refractivity contribution < 1.29 is 14.3 Å². The van der Waals surface area contributed by atoms with Crippen LogP contribution in [0.2, 0.25) is 0 Å². The highest BCUT2D eigenvalue weighted by Gasteiger charge is 2.14. The van der Waals surface area contributed by atoms with Crippen LogP contribution in [0.3, 0.4) is 0 Å². The number of aromatic nitrogens is 2. The Hall–Kier alpha value is -3.84. The number of carbonyl (C=O) groups is 1. The van der Waals surface area contributed by atoms with Crippen LogP contribution in [0, 0.1) is 0 Å². The van der Waals surface area contributed by atoms with Crippen LogP contribution in [0.25, 0.3) is 0 Å². The molecule has 0 unspecified atom stereocenters. The predicted octanol–water partition coefficient (Wildman–Crippen LogP) is 5.15. The van der Waals surface area contributed by atoms with Gasteiger partial charge in [-0.1, -0.05) is 36.0 Å². The standard InChI is InChI=1S/C26H23N3O3S/c1-31-24-16-20(9-10-23(24)32-18-19-11-14-27-15-12-19)17-29-25(30)22-8-5-13-28-26(22)33-21-6-3-2-4-7-21/h2-16H,17-18H2,1H3,(H,29,30). The van der Waals surface area contributed by atoms with Crippen LogP contribution in [0.5, 0.6) is 11.5 Å². The molecule has 1 amide bonds. The number of pyridine rings is 2. The SMILES string of the molecule is COc1cc(CNC(=O)c2cccnc2Sc2ccccc2)ccc1OCc1ccncc1. The van der Waals surface area contributed by atoms with Crippen molar-refractivity contribution in [2.24, 2.45) is 0 Å². The van der Waals surface area contributed by atoms with Gasteiger partial charge < -0.3 is 14.8 Å². The quantitative estimate of drug-likeness (QED) is 0.375. The highest BCUT2D eigenvalue weighted by atomic mass is 32.2. The number of nitrogens with one attached hydrogen (secondary N) is 1. The van der Waals surface area contributed by atoms with Crippen LogP contribution in [0.15, 0.2) is 101 Å². The lowest BCUT2D eigenvalue weighted by atomic mass is 10.2. The molecule has 0 fully saturated rings. The summed E-state index contributed by atoms with van der Waals surface area (Å²) in [4.78, 5) is 22.3. The molecule has 33 heavy (non-hydrogen) atoms. The highest BCUT2D eigenvalue weighted by Crippen LogP contribution is 2.30. The fourth-order valence-corrected chi connectivity index (χ4v) is 4.00. The average molecular weight is 458 g/mol. The van der Waals surface area contributed by atoms with Gasteiger partial charge in [0.2, 0.25) is 0 Å². The van der Waals surface area contributed by atoms with Gasteiger partial charge in [0.25, 0.3) is 5.91 Å². The number of benzene rings is 2. The molecule has 0 aliphatic heterocycles. The predicted molar refractivity (Wildman–Crippen MR) is 128 cm³/mol. The van der Waals surface area contributed by atoms with E-state index in [4.69, 9.17) is 9.47 Å². The Balaban J connectivity index is 1.40. The Morgan fingerprint density at radius 2 is 1.73 bits per heavy atom. The van der Waals surface area contributed by atoms with Crippen molar-refractivity contribution in [1.29, 1.82) is 0 Å². The average Bonchev–Trinajstić information content (AvgIpc) is 2.88. The first-order valence-electron chi connectivity index (χ1n) is 10.4. The molecule has 6 nitrogen and oxygen atoms in total. The van der Waals surface area contributed by atoms with Gasteiger partial charge in [0, 0.05) is 30.0 Å². The third-order valence-electron chi connectivity index (χ3n) is 4.80. The molecule has 2 aromatic heterocycles. The molecule has 2 aromatic carbocycles. The Kier molecular flexibility index (Phi) is 7.56. The van der Waals surface area contributed by atoms with Crippen molar-refractivity contribution in [3.63, 3.8) is 0 Å². The molecule has 0 bridgehead atoms.